The molecular weight excluding hydrogens is 415 g/mol. The summed E-state index contributed by atoms with van der Waals surface area (Å²) >= 11 is 0. The predicted octanol–water partition coefficient (Wildman–Crippen LogP) is 3.87. The Labute approximate surface area is 188 Å². The van der Waals surface area contributed by atoms with Crippen molar-refractivity contribution in [2.24, 2.45) is 23.7 Å². The van der Waals surface area contributed by atoms with Gasteiger partial charge in [0.05, 0.1) is 6.10 Å². The zero-order valence-corrected chi connectivity index (χ0v) is 19.0. The SMILES string of the molecule is C[C@H]1[C@@H](CCC(=O)NCc2ccnc(F)c2)O[C@@H]2O[C@]3(C)CC[C@H]4[C@H](C)CC[C@@H]1[C@@]24OO3. The highest BCUT2D eigenvalue weighted by Crippen LogP contribution is 2.60. The normalized spacial score (nSPS) is 42.8. The maximum atomic E-state index is 13.2. The lowest BCUT2D eigenvalue weighted by Gasteiger charge is -2.60. The van der Waals surface area contributed by atoms with Gasteiger partial charge in [0.2, 0.25) is 17.6 Å². The molecule has 1 aromatic rings. The van der Waals surface area contributed by atoms with Gasteiger partial charge in [-0.25, -0.2) is 14.8 Å². The molecule has 7 nitrogen and oxygen atoms in total. The Morgan fingerprint density at radius 3 is 2.91 bits per heavy atom. The van der Waals surface area contributed by atoms with Gasteiger partial charge < -0.3 is 14.8 Å². The van der Waals surface area contributed by atoms with Crippen molar-refractivity contribution in [3.8, 4) is 0 Å². The summed E-state index contributed by atoms with van der Waals surface area (Å²) < 4.78 is 26.1. The molecule has 4 saturated heterocycles. The third kappa shape index (κ3) is 3.75. The van der Waals surface area contributed by atoms with Crippen LogP contribution in [0.25, 0.3) is 0 Å². The molecule has 1 aromatic heterocycles. The van der Waals surface area contributed by atoms with Crippen molar-refractivity contribution in [1.82, 2.24) is 10.3 Å². The molecule has 1 spiro atoms. The van der Waals surface area contributed by atoms with Crippen LogP contribution in [0.3, 0.4) is 0 Å². The molecule has 6 rings (SSSR count). The molecule has 1 saturated carbocycles. The highest BCUT2D eigenvalue weighted by atomic mass is 19.1. The van der Waals surface area contributed by atoms with E-state index in [4.69, 9.17) is 19.2 Å². The molecule has 8 atom stereocenters. The van der Waals surface area contributed by atoms with Crippen molar-refractivity contribution in [2.75, 3.05) is 0 Å². The first-order chi connectivity index (χ1) is 15.3. The van der Waals surface area contributed by atoms with Crippen LogP contribution in [0.4, 0.5) is 4.39 Å². The number of pyridine rings is 1. The first-order valence-corrected chi connectivity index (χ1v) is 11.9. The van der Waals surface area contributed by atoms with Crippen LogP contribution in [0.1, 0.15) is 64.9 Å². The summed E-state index contributed by atoms with van der Waals surface area (Å²) in [6, 6.07) is 3.02. The molecule has 2 bridgehead atoms. The van der Waals surface area contributed by atoms with Gasteiger partial charge in [0.1, 0.15) is 0 Å². The van der Waals surface area contributed by atoms with E-state index in [0.29, 0.717) is 30.2 Å². The molecule has 4 aliphatic heterocycles. The van der Waals surface area contributed by atoms with Crippen LogP contribution in [0, 0.1) is 29.6 Å². The van der Waals surface area contributed by atoms with Crippen LogP contribution in [-0.4, -0.2) is 34.7 Å². The van der Waals surface area contributed by atoms with Crippen molar-refractivity contribution in [2.45, 2.75) is 89.6 Å². The largest absolute Gasteiger partial charge is 0.352 e. The first-order valence-electron chi connectivity index (χ1n) is 11.9. The lowest BCUT2D eigenvalue weighted by Crippen LogP contribution is -2.70. The highest BCUT2D eigenvalue weighted by Gasteiger charge is 2.69. The van der Waals surface area contributed by atoms with Gasteiger partial charge >= 0.3 is 0 Å². The monoisotopic (exact) mass is 448 g/mol. The van der Waals surface area contributed by atoms with Crippen LogP contribution in [0.5, 0.6) is 0 Å². The van der Waals surface area contributed by atoms with Crippen molar-refractivity contribution in [1.29, 1.82) is 0 Å². The molecule has 176 valence electrons. The van der Waals surface area contributed by atoms with Gasteiger partial charge in [-0.15, -0.1) is 0 Å². The Bertz CT molecular complexity index is 871. The summed E-state index contributed by atoms with van der Waals surface area (Å²) in [6.45, 7) is 6.70. The number of aromatic nitrogens is 1. The van der Waals surface area contributed by atoms with Gasteiger partial charge in [0, 0.05) is 31.5 Å². The molecule has 32 heavy (non-hydrogen) atoms. The number of carbonyl (C=O) groups excluding carboxylic acids is 1. The third-order valence-electron chi connectivity index (χ3n) is 8.23. The second-order valence-electron chi connectivity index (χ2n) is 10.2. The zero-order valence-electron chi connectivity index (χ0n) is 19.0. The zero-order chi connectivity index (χ0) is 22.5. The number of nitrogens with one attached hydrogen (secondary N) is 1. The van der Waals surface area contributed by atoms with Gasteiger partial charge in [-0.1, -0.05) is 13.8 Å². The van der Waals surface area contributed by atoms with Crippen molar-refractivity contribution >= 4 is 5.91 Å². The number of hydrogen-bond donors (Lipinski definition) is 1. The van der Waals surface area contributed by atoms with E-state index in [-0.39, 0.29) is 30.4 Å². The standard InChI is InChI=1S/C24H33FN2O5/c1-14-4-5-18-15(2)19(6-7-21(28)27-13-16-9-11-26-20(25)12-16)29-22-24(18)17(14)8-10-23(3,30-22)31-32-24/h9,11-12,14-15,17-19,22H,4-8,10,13H2,1-3H3,(H,27,28)/t14-,15-,17+,18+,19-,22-,23+,24-/m1/s1. The fraction of sp³-hybridized carbons (Fsp3) is 0.750. The average Bonchev–Trinajstić information content (AvgIpc) is 3.00. The maximum absolute atomic E-state index is 13.2. The van der Waals surface area contributed by atoms with Crippen LogP contribution in [0.15, 0.2) is 18.3 Å². The topological polar surface area (TPSA) is 78.9 Å². The van der Waals surface area contributed by atoms with Crippen LogP contribution < -0.4 is 5.32 Å². The number of halogens is 1. The summed E-state index contributed by atoms with van der Waals surface area (Å²) in [5.41, 5.74) is 0.114. The number of carbonyl (C=O) groups is 1. The number of ether oxygens (including phenoxy) is 2. The van der Waals surface area contributed by atoms with Gasteiger partial charge in [0.25, 0.3) is 0 Å². The molecule has 5 aliphatic rings. The number of nitrogens with zero attached hydrogens (tertiary/aromatic N) is 1. The number of amides is 1. The van der Waals surface area contributed by atoms with E-state index in [0.717, 1.165) is 25.7 Å². The summed E-state index contributed by atoms with van der Waals surface area (Å²) in [4.78, 5) is 28.0. The Morgan fingerprint density at radius 2 is 2.09 bits per heavy atom. The Balaban J connectivity index is 1.25. The highest BCUT2D eigenvalue weighted by molar-refractivity contribution is 5.75. The fourth-order valence-corrected chi connectivity index (χ4v) is 6.42. The molecule has 0 unspecified atom stereocenters. The molecule has 1 aliphatic carbocycles. The van der Waals surface area contributed by atoms with E-state index in [9.17, 15) is 9.18 Å². The van der Waals surface area contributed by atoms with E-state index in [1.807, 2.05) is 6.92 Å². The minimum absolute atomic E-state index is 0.0803. The summed E-state index contributed by atoms with van der Waals surface area (Å²) in [7, 11) is 0. The Kier molecular flexibility index (Phi) is 5.76. The van der Waals surface area contributed by atoms with Crippen molar-refractivity contribution in [3.05, 3.63) is 29.8 Å². The number of rotatable bonds is 5. The molecule has 0 aromatic carbocycles. The van der Waals surface area contributed by atoms with Gasteiger partial charge in [0.15, 0.2) is 11.9 Å². The van der Waals surface area contributed by atoms with E-state index in [1.165, 1.54) is 12.3 Å². The second kappa shape index (κ2) is 8.31. The summed E-state index contributed by atoms with van der Waals surface area (Å²) in [6.07, 6.45) is 5.74. The lowest BCUT2D eigenvalue weighted by molar-refractivity contribution is -0.571. The molecule has 1 amide bonds. The van der Waals surface area contributed by atoms with E-state index < -0.39 is 23.6 Å². The minimum Gasteiger partial charge on any atom is -0.352 e. The fourth-order valence-electron chi connectivity index (χ4n) is 6.42. The van der Waals surface area contributed by atoms with Crippen molar-refractivity contribution < 1.29 is 28.4 Å². The maximum Gasteiger partial charge on any atom is 0.220 e. The lowest BCUT2D eigenvalue weighted by atomic mass is 9.57. The average molecular weight is 449 g/mol. The van der Waals surface area contributed by atoms with E-state index in [2.05, 4.69) is 24.1 Å². The number of fused-ring (bicyclic) bond motifs is 2. The molecular formula is C24H33FN2O5. The quantitative estimate of drug-likeness (QED) is 0.544. The molecule has 1 N–H and O–H groups in total. The molecule has 5 fully saturated rings. The van der Waals surface area contributed by atoms with E-state index in [1.54, 1.807) is 6.07 Å². The minimum atomic E-state index is -0.792. The Hall–Kier alpha value is -1.61. The van der Waals surface area contributed by atoms with Gasteiger partial charge in [-0.2, -0.15) is 4.39 Å². The third-order valence-corrected chi connectivity index (χ3v) is 8.23. The second-order valence-corrected chi connectivity index (χ2v) is 10.2. The molecule has 8 heteroatoms. The van der Waals surface area contributed by atoms with Crippen LogP contribution in [-0.2, 0) is 30.6 Å². The van der Waals surface area contributed by atoms with Crippen LogP contribution in [0.2, 0.25) is 0 Å². The first kappa shape index (κ1) is 22.2. The van der Waals surface area contributed by atoms with Gasteiger partial charge in [-0.05, 0) is 68.1 Å². The number of hydrogen-bond acceptors (Lipinski definition) is 6. The predicted molar refractivity (Wildman–Crippen MR) is 112 cm³/mol. The smallest absolute Gasteiger partial charge is 0.220 e. The van der Waals surface area contributed by atoms with Crippen LogP contribution >= 0.6 is 0 Å². The molecule has 0 radical (unpaired) electrons. The summed E-state index contributed by atoms with van der Waals surface area (Å²) in [5, 5.41) is 2.86. The van der Waals surface area contributed by atoms with Crippen molar-refractivity contribution in [3.63, 3.8) is 0 Å². The Morgan fingerprint density at radius 1 is 1.25 bits per heavy atom. The summed E-state index contributed by atoms with van der Waals surface area (Å²) in [5.74, 6) is -0.0764. The van der Waals surface area contributed by atoms with E-state index >= 15 is 0 Å². The molecule has 5 heterocycles. The van der Waals surface area contributed by atoms with Gasteiger partial charge in [-0.3, -0.25) is 4.79 Å².